The maximum absolute atomic E-state index is 2.28. The Labute approximate surface area is 737 Å². The highest BCUT2D eigenvalue weighted by atomic mass is 14.1. The molecule has 0 atom stereocenters. The van der Waals surface area contributed by atoms with E-state index >= 15 is 0 Å². The summed E-state index contributed by atoms with van der Waals surface area (Å²) in [6, 6.07) is 130. The smallest absolute Gasteiger partial charge is 0.0103 e. The van der Waals surface area contributed by atoms with Gasteiger partial charge in [0.15, 0.2) is 0 Å². The number of hydrogen-bond donors (Lipinski definition) is 0. The Morgan fingerprint density at radius 3 is 0.795 bits per heavy atom. The highest BCUT2D eigenvalue weighted by Gasteiger charge is 2.07. The fourth-order valence-corrected chi connectivity index (χ4v) is 14.6. The standard InChI is InChI=1S/C16H14.5C15H12.C11H10.10C2H6/c1-11-7-8-13-10-12(2)14-5-3-4-6-15(14)16(13)9-11;1-11-14-8-4-2-6-12(14)10-13-7-3-5-9-15(11)13;1-11-10-12-6-2-3-8-14(12)15-9-5-4-7-13(11)15;1-11-5-4-8-14-9-12-6-2-3-7-13(12)10-15(11)14;1-11-6-9-15-13(10-11)8-7-12-4-2-3-5-14(12)15;1-11-6-7-14-9-12-4-2-3-5-13(12)10-15(14)8-11;1-9-5-4-7-10-6-2-3-8-11(9)10;10*1-2/h3-10H,1-2H3;5*2-10H,1H3;2-8H,1H3;10*1-2H3. The van der Waals surface area contributed by atoms with Crippen LogP contribution in [-0.4, -0.2) is 0 Å². The van der Waals surface area contributed by atoms with Crippen LogP contribution in [0.3, 0.4) is 0 Å². The summed E-state index contributed by atoms with van der Waals surface area (Å²) in [7, 11) is 0. The van der Waals surface area contributed by atoms with Crippen LogP contribution in [-0.2, 0) is 0 Å². The van der Waals surface area contributed by atoms with Gasteiger partial charge in [-0.1, -0.05) is 489 Å². The quantitative estimate of drug-likeness (QED) is 0.105. The predicted octanol–water partition coefficient (Wildman–Crippen LogP) is 39.5. The average molecular weight is 1610 g/mol. The molecule has 20 aromatic carbocycles. The van der Waals surface area contributed by atoms with Crippen LogP contribution in [0.1, 0.15) is 183 Å². The van der Waals surface area contributed by atoms with E-state index < -0.39 is 0 Å². The molecule has 0 unspecified atom stereocenters. The first kappa shape index (κ1) is 102. The number of benzene rings is 20. The molecule has 122 heavy (non-hydrogen) atoms. The van der Waals surface area contributed by atoms with E-state index in [0.29, 0.717) is 0 Å². The molecule has 0 bridgehead atoms. The van der Waals surface area contributed by atoms with Crippen LogP contribution in [0.15, 0.2) is 364 Å². The van der Waals surface area contributed by atoms with Gasteiger partial charge in [0.25, 0.3) is 0 Å². The Morgan fingerprint density at radius 1 is 0.107 bits per heavy atom. The Kier molecular flexibility index (Phi) is 47.2. The van der Waals surface area contributed by atoms with Gasteiger partial charge in [0.2, 0.25) is 0 Å². The molecule has 0 fully saturated rings. The van der Waals surface area contributed by atoms with Crippen molar-refractivity contribution < 1.29 is 0 Å². The lowest BCUT2D eigenvalue weighted by atomic mass is 9.97. The third-order valence-electron chi connectivity index (χ3n) is 20.0. The van der Waals surface area contributed by atoms with Crippen LogP contribution in [0, 0.1) is 55.4 Å². The first-order chi connectivity index (χ1) is 59.9. The molecule has 632 valence electrons. The molecule has 0 N–H and O–H groups in total. The van der Waals surface area contributed by atoms with Crippen molar-refractivity contribution in [2.75, 3.05) is 0 Å². The molecule has 20 aromatic rings. The molecule has 0 aliphatic carbocycles. The second kappa shape index (κ2) is 56.3. The molecule has 0 aliphatic rings. The van der Waals surface area contributed by atoms with Crippen LogP contribution in [0.2, 0.25) is 0 Å². The minimum absolute atomic E-state index is 1.31. The van der Waals surface area contributed by atoms with E-state index in [2.05, 4.69) is 419 Å². The van der Waals surface area contributed by atoms with E-state index in [9.17, 15) is 0 Å². The lowest BCUT2D eigenvalue weighted by Gasteiger charge is -2.07. The molecule has 0 aliphatic heterocycles. The summed E-state index contributed by atoms with van der Waals surface area (Å²) >= 11 is 0. The van der Waals surface area contributed by atoms with Crippen molar-refractivity contribution in [3.63, 3.8) is 0 Å². The topological polar surface area (TPSA) is 0 Å². The van der Waals surface area contributed by atoms with Gasteiger partial charge in [-0.15, -0.1) is 0 Å². The van der Waals surface area contributed by atoms with E-state index in [1.165, 1.54) is 185 Å². The zero-order chi connectivity index (χ0) is 90.1. The first-order valence-corrected chi connectivity index (χ1v) is 45.6. The summed E-state index contributed by atoms with van der Waals surface area (Å²) in [6.45, 7) is 57.3. The normalized spacial score (nSPS) is 9.64. The molecule has 0 radical (unpaired) electrons. The van der Waals surface area contributed by atoms with Crippen LogP contribution in [0.25, 0.3) is 140 Å². The molecule has 20 rings (SSSR count). The fourth-order valence-electron chi connectivity index (χ4n) is 14.6. The third-order valence-corrected chi connectivity index (χ3v) is 20.0. The van der Waals surface area contributed by atoms with Crippen molar-refractivity contribution in [1.29, 1.82) is 0 Å². The molecular weight excluding hydrogens is 1470 g/mol. The maximum Gasteiger partial charge on any atom is -0.0103 e. The van der Waals surface area contributed by atoms with Crippen molar-refractivity contribution in [2.45, 2.75) is 194 Å². The van der Waals surface area contributed by atoms with Crippen LogP contribution < -0.4 is 0 Å². The number of hydrogen-bond acceptors (Lipinski definition) is 0. The van der Waals surface area contributed by atoms with Gasteiger partial charge < -0.3 is 0 Å². The summed E-state index contributed by atoms with van der Waals surface area (Å²) in [4.78, 5) is 0. The summed E-state index contributed by atoms with van der Waals surface area (Å²) in [5, 5.41) is 34.8. The minimum Gasteiger partial charge on any atom is -0.0683 e. The minimum atomic E-state index is 1.31. The van der Waals surface area contributed by atoms with Gasteiger partial charge in [0, 0.05) is 0 Å². The lowest BCUT2D eigenvalue weighted by Crippen LogP contribution is -1.83. The molecule has 0 aromatic heterocycles. The van der Waals surface area contributed by atoms with Crippen molar-refractivity contribution in [2.24, 2.45) is 0 Å². The highest BCUT2D eigenvalue weighted by Crippen LogP contribution is 2.33. The average Bonchev–Trinajstić information content (AvgIpc) is 0.727. The fraction of sp³-hybridized carbons (Fsp3) is 0.230. The second-order valence-electron chi connectivity index (χ2n) is 27.2. The Morgan fingerprint density at radius 2 is 0.336 bits per heavy atom. The molecule has 0 amide bonds. The van der Waals surface area contributed by atoms with Crippen molar-refractivity contribution in [3.05, 3.63) is 408 Å². The van der Waals surface area contributed by atoms with Crippen LogP contribution >= 0.6 is 0 Å². The van der Waals surface area contributed by atoms with Gasteiger partial charge in [-0.3, -0.25) is 0 Å². The van der Waals surface area contributed by atoms with Crippen molar-refractivity contribution in [3.8, 4) is 0 Å². The van der Waals surface area contributed by atoms with Gasteiger partial charge in [0.1, 0.15) is 0 Å². The zero-order valence-electron chi connectivity index (χ0n) is 79.6. The van der Waals surface area contributed by atoms with Gasteiger partial charge in [-0.2, -0.15) is 0 Å². The largest absolute Gasteiger partial charge is 0.0683 e. The van der Waals surface area contributed by atoms with Crippen molar-refractivity contribution in [1.82, 2.24) is 0 Å². The predicted molar refractivity (Wildman–Crippen MR) is 564 cm³/mol. The van der Waals surface area contributed by atoms with E-state index in [1.807, 2.05) is 138 Å². The van der Waals surface area contributed by atoms with Crippen LogP contribution in [0.5, 0.6) is 0 Å². The second-order valence-corrected chi connectivity index (χ2v) is 27.2. The molecule has 0 heterocycles. The zero-order valence-corrected chi connectivity index (χ0v) is 79.6. The summed E-state index contributed by atoms with van der Waals surface area (Å²) in [6.07, 6.45) is 0. The number of aryl methyl sites for hydroxylation is 8. The number of rotatable bonds is 0. The van der Waals surface area contributed by atoms with E-state index in [1.54, 1.807) is 0 Å². The molecular formula is C122H144. The lowest BCUT2D eigenvalue weighted by molar-refractivity contribution is 1.50. The van der Waals surface area contributed by atoms with Gasteiger partial charge in [0.05, 0.1) is 0 Å². The van der Waals surface area contributed by atoms with Gasteiger partial charge >= 0.3 is 0 Å². The van der Waals surface area contributed by atoms with E-state index in [0.717, 1.165) is 0 Å². The SMILES string of the molecule is CC.CC.CC.CC.CC.CC.CC.CC.CC.CC.Cc1c2ccccc2cc2ccccc12.Cc1cc2ccccc2c2ccccc12.Cc1ccc2c(ccc3ccccc32)c1.Cc1ccc2cc(C)c3ccccc3c2c1.Cc1ccc2cc3ccccc3cc2c1.Cc1cccc2cc3ccccc3cc12.Cc1cccc2ccccc12. The Bertz CT molecular complexity index is 6290. The third kappa shape index (κ3) is 27.7. The molecule has 0 heteroatoms. The van der Waals surface area contributed by atoms with E-state index in [-0.39, 0.29) is 0 Å². The molecule has 0 saturated heterocycles. The summed E-state index contributed by atoms with van der Waals surface area (Å²) < 4.78 is 0. The first-order valence-electron chi connectivity index (χ1n) is 45.6. The maximum atomic E-state index is 2.28. The van der Waals surface area contributed by atoms with Gasteiger partial charge in [-0.25, -0.2) is 0 Å². The monoisotopic (exact) mass is 1610 g/mol. The molecule has 0 saturated carbocycles. The van der Waals surface area contributed by atoms with Gasteiger partial charge in [-0.05, 0) is 254 Å². The molecule has 0 spiro atoms. The van der Waals surface area contributed by atoms with E-state index in [4.69, 9.17) is 0 Å². The summed E-state index contributed by atoms with van der Waals surface area (Å²) in [5.74, 6) is 0. The summed E-state index contributed by atoms with van der Waals surface area (Å²) in [5.41, 5.74) is 10.7. The van der Waals surface area contributed by atoms with Crippen molar-refractivity contribution >= 4 is 140 Å². The number of fused-ring (bicyclic) bond motifs is 16. The Balaban J connectivity index is 0.000000289. The highest BCUT2D eigenvalue weighted by molar-refractivity contribution is 6.11. The Hall–Kier alpha value is -12.2. The van der Waals surface area contributed by atoms with Crippen LogP contribution in [0.4, 0.5) is 0 Å². The molecule has 0 nitrogen and oxygen atoms in total.